The maximum Gasteiger partial charge on any atom is 0.338 e. The van der Waals surface area contributed by atoms with Gasteiger partial charge in [0.05, 0.1) is 25.4 Å². The average molecular weight is 430 g/mol. The third-order valence-corrected chi connectivity index (χ3v) is 5.15. The van der Waals surface area contributed by atoms with Crippen molar-refractivity contribution in [3.63, 3.8) is 0 Å². The molecule has 0 spiro atoms. The Morgan fingerprint density at radius 2 is 1.60 bits per heavy atom. The van der Waals surface area contributed by atoms with E-state index in [4.69, 9.17) is 24.1 Å². The smallest absolute Gasteiger partial charge is 0.338 e. The van der Waals surface area contributed by atoms with E-state index in [-0.39, 0.29) is 12.2 Å². The highest BCUT2D eigenvalue weighted by atomic mass is 16.7. The van der Waals surface area contributed by atoms with Gasteiger partial charge in [-0.25, -0.2) is 4.79 Å². The summed E-state index contributed by atoms with van der Waals surface area (Å²) in [6.45, 7) is -1.38. The van der Waals surface area contributed by atoms with Crippen LogP contribution in [0, 0.1) is 0 Å². The van der Waals surface area contributed by atoms with E-state index in [0.29, 0.717) is 0 Å². The van der Waals surface area contributed by atoms with Crippen LogP contribution in [0.15, 0.2) is 30.3 Å². The monoisotopic (exact) mass is 430 g/mol. The third-order valence-electron chi connectivity index (χ3n) is 5.15. The van der Waals surface area contributed by atoms with Gasteiger partial charge in [0.15, 0.2) is 12.4 Å². The molecule has 3 rings (SSSR count). The van der Waals surface area contributed by atoms with Crippen molar-refractivity contribution in [3.05, 3.63) is 35.9 Å². The molecule has 1 aromatic carbocycles. The molecule has 0 amide bonds. The Balaban J connectivity index is 1.66. The quantitative estimate of drug-likeness (QED) is 0.256. The summed E-state index contributed by atoms with van der Waals surface area (Å²) in [4.78, 5) is 12.3. The number of ether oxygens (including phenoxy) is 4. The lowest BCUT2D eigenvalue weighted by molar-refractivity contribution is -0.331. The number of rotatable bonds is 6. The predicted molar refractivity (Wildman–Crippen MR) is 97.1 cm³/mol. The summed E-state index contributed by atoms with van der Waals surface area (Å²) < 4.78 is 21.3. The zero-order chi connectivity index (χ0) is 21.8. The minimum atomic E-state index is -1.69. The Morgan fingerprint density at radius 3 is 2.23 bits per heavy atom. The van der Waals surface area contributed by atoms with Crippen LogP contribution >= 0.6 is 0 Å². The second-order valence-electron chi connectivity index (χ2n) is 7.15. The van der Waals surface area contributed by atoms with E-state index in [9.17, 15) is 30.3 Å². The molecule has 0 aromatic heterocycles. The molecule has 0 aliphatic carbocycles. The Morgan fingerprint density at radius 1 is 0.933 bits per heavy atom. The molecule has 2 saturated heterocycles. The lowest BCUT2D eigenvalue weighted by atomic mass is 9.97. The highest BCUT2D eigenvalue weighted by molar-refractivity contribution is 5.89. The minimum Gasteiger partial charge on any atom is -0.453 e. The van der Waals surface area contributed by atoms with E-state index in [2.05, 4.69) is 0 Å². The minimum absolute atomic E-state index is 0.212. The molecule has 2 aliphatic heterocycles. The molecule has 11 heteroatoms. The number of aliphatic hydroxyl groups excluding tert-OH is 6. The van der Waals surface area contributed by atoms with Gasteiger partial charge in [-0.15, -0.1) is 0 Å². The number of carbonyl (C=O) groups is 1. The summed E-state index contributed by atoms with van der Waals surface area (Å²) in [7, 11) is 0. The molecule has 11 nitrogen and oxygen atoms in total. The number of benzene rings is 1. The Labute approximate surface area is 172 Å². The summed E-state index contributed by atoms with van der Waals surface area (Å²) >= 11 is 0. The molecule has 0 unspecified atom stereocenters. The molecule has 168 valence electrons. The summed E-state index contributed by atoms with van der Waals surface area (Å²) in [5.41, 5.74) is 0.212. The molecular formula is C19H26O11. The number of hydrogen-bond donors (Lipinski definition) is 6. The van der Waals surface area contributed by atoms with Crippen LogP contribution in [0.5, 0.6) is 0 Å². The van der Waals surface area contributed by atoms with Gasteiger partial charge in [0.2, 0.25) is 0 Å². The van der Waals surface area contributed by atoms with Crippen LogP contribution in [0.4, 0.5) is 0 Å². The summed E-state index contributed by atoms with van der Waals surface area (Å²) in [5, 5.41) is 59.7. The van der Waals surface area contributed by atoms with E-state index in [1.807, 2.05) is 0 Å². The second kappa shape index (κ2) is 10.1. The van der Waals surface area contributed by atoms with Gasteiger partial charge in [-0.1, -0.05) is 18.2 Å². The molecule has 6 N–H and O–H groups in total. The first-order valence-corrected chi connectivity index (χ1v) is 9.50. The van der Waals surface area contributed by atoms with Crippen LogP contribution in [0.3, 0.4) is 0 Å². The van der Waals surface area contributed by atoms with Crippen molar-refractivity contribution in [2.75, 3.05) is 19.8 Å². The molecule has 9 atom stereocenters. The maximum absolute atomic E-state index is 12.3. The van der Waals surface area contributed by atoms with Crippen LogP contribution in [0.1, 0.15) is 10.4 Å². The van der Waals surface area contributed by atoms with E-state index in [1.165, 1.54) is 12.1 Å². The zero-order valence-corrected chi connectivity index (χ0v) is 15.9. The highest BCUT2D eigenvalue weighted by Gasteiger charge is 2.49. The third kappa shape index (κ3) is 4.80. The number of esters is 1. The van der Waals surface area contributed by atoms with E-state index < -0.39 is 74.3 Å². The Bertz CT molecular complexity index is 684. The van der Waals surface area contributed by atoms with Crippen molar-refractivity contribution in [2.24, 2.45) is 0 Å². The first-order chi connectivity index (χ1) is 14.4. The average Bonchev–Trinajstić information content (AvgIpc) is 2.77. The van der Waals surface area contributed by atoms with Crippen molar-refractivity contribution < 1.29 is 54.4 Å². The van der Waals surface area contributed by atoms with Gasteiger partial charge in [0.25, 0.3) is 0 Å². The summed E-state index contributed by atoms with van der Waals surface area (Å²) in [5.74, 6) is -0.775. The van der Waals surface area contributed by atoms with Crippen LogP contribution in [0.25, 0.3) is 0 Å². The maximum atomic E-state index is 12.3. The largest absolute Gasteiger partial charge is 0.453 e. The number of aliphatic hydroxyl groups is 6. The number of carbonyl (C=O) groups excluding carboxylic acids is 1. The van der Waals surface area contributed by atoms with Gasteiger partial charge in [0, 0.05) is 0 Å². The number of hydrogen-bond acceptors (Lipinski definition) is 11. The molecule has 2 fully saturated rings. The molecule has 1 aromatic rings. The fourth-order valence-corrected chi connectivity index (χ4v) is 3.38. The van der Waals surface area contributed by atoms with E-state index in [0.717, 1.165) is 0 Å². The van der Waals surface area contributed by atoms with Crippen LogP contribution < -0.4 is 0 Å². The van der Waals surface area contributed by atoms with Gasteiger partial charge in [-0.3, -0.25) is 0 Å². The fourth-order valence-electron chi connectivity index (χ4n) is 3.38. The molecule has 2 aliphatic rings. The molecule has 0 saturated carbocycles. The fraction of sp³-hybridized carbons (Fsp3) is 0.632. The first kappa shape index (κ1) is 23.0. The second-order valence-corrected chi connectivity index (χ2v) is 7.15. The zero-order valence-electron chi connectivity index (χ0n) is 15.9. The SMILES string of the molecule is O=C(O[C@H]1[C@@H](O)[C@H](O)[C@H](O[C@H]2CO[C@H](CO)[C@@H](O)[C@@H]2O)O[C@H]1CO)c1ccccc1. The van der Waals surface area contributed by atoms with Gasteiger partial charge in [-0.2, -0.15) is 0 Å². The molecular weight excluding hydrogens is 404 g/mol. The predicted octanol–water partition coefficient (Wildman–Crippen LogP) is -2.85. The van der Waals surface area contributed by atoms with Crippen LogP contribution in [0.2, 0.25) is 0 Å². The Kier molecular flexibility index (Phi) is 7.74. The van der Waals surface area contributed by atoms with Crippen LogP contribution in [-0.2, 0) is 18.9 Å². The van der Waals surface area contributed by atoms with Gasteiger partial charge in [0.1, 0.15) is 42.7 Å². The first-order valence-electron chi connectivity index (χ1n) is 9.50. The molecule has 2 heterocycles. The summed E-state index contributed by atoms with van der Waals surface area (Å²) in [6.07, 6.45) is -12.5. The lowest BCUT2D eigenvalue weighted by Crippen LogP contribution is -2.63. The Hall–Kier alpha value is -1.67. The topological polar surface area (TPSA) is 175 Å². The van der Waals surface area contributed by atoms with Crippen molar-refractivity contribution >= 4 is 5.97 Å². The summed E-state index contributed by atoms with van der Waals surface area (Å²) in [6, 6.07) is 7.97. The van der Waals surface area contributed by atoms with Crippen molar-refractivity contribution in [2.45, 2.75) is 55.1 Å². The highest BCUT2D eigenvalue weighted by Crippen LogP contribution is 2.28. The molecule has 0 radical (unpaired) electrons. The molecule has 30 heavy (non-hydrogen) atoms. The molecule has 0 bridgehead atoms. The normalized spacial score (nSPS) is 39.5. The standard InChI is InChI=1S/C19H26O11/c20-6-10-13(22)14(23)12(8-27-10)29-19-16(25)15(24)17(11(7-21)28-19)30-18(26)9-4-2-1-3-5-9/h1-5,10-17,19-25H,6-8H2/t10-,11+,12+,13-,14-,15+,16+,17-,19+/m1/s1. The van der Waals surface area contributed by atoms with E-state index >= 15 is 0 Å². The van der Waals surface area contributed by atoms with E-state index in [1.54, 1.807) is 18.2 Å². The van der Waals surface area contributed by atoms with Gasteiger partial charge in [-0.05, 0) is 12.1 Å². The van der Waals surface area contributed by atoms with Crippen molar-refractivity contribution in [1.29, 1.82) is 0 Å². The van der Waals surface area contributed by atoms with Gasteiger partial charge >= 0.3 is 5.97 Å². The van der Waals surface area contributed by atoms with Crippen molar-refractivity contribution in [1.82, 2.24) is 0 Å². The van der Waals surface area contributed by atoms with Gasteiger partial charge < -0.3 is 49.6 Å². The van der Waals surface area contributed by atoms with Crippen LogP contribution in [-0.4, -0.2) is 112 Å². The van der Waals surface area contributed by atoms with Crippen molar-refractivity contribution in [3.8, 4) is 0 Å². The lowest BCUT2D eigenvalue weighted by Gasteiger charge is -2.44.